The minimum absolute atomic E-state index is 0.145. The summed E-state index contributed by atoms with van der Waals surface area (Å²) in [6.07, 6.45) is -0.298. The number of aryl methyl sites for hydroxylation is 2. The van der Waals surface area contributed by atoms with E-state index in [-0.39, 0.29) is 12.8 Å². The Balaban J connectivity index is 2.69. The molecule has 0 saturated carbocycles. The molecule has 13 heavy (non-hydrogen) atoms. The van der Waals surface area contributed by atoms with Gasteiger partial charge in [-0.2, -0.15) is 5.10 Å². The first-order valence-corrected chi connectivity index (χ1v) is 3.89. The van der Waals surface area contributed by atoms with Crippen LogP contribution in [-0.2, 0) is 13.5 Å². The van der Waals surface area contributed by atoms with Gasteiger partial charge in [-0.1, -0.05) is 0 Å². The van der Waals surface area contributed by atoms with E-state index in [1.165, 1.54) is 10.9 Å². The molecule has 1 heterocycles. The summed E-state index contributed by atoms with van der Waals surface area (Å²) in [6, 6.07) is 0. The molecule has 0 spiro atoms. The number of hydrogen-bond acceptors (Lipinski definition) is 2. The zero-order valence-electron chi connectivity index (χ0n) is 7.20. The van der Waals surface area contributed by atoms with E-state index in [1.807, 2.05) is 0 Å². The molecular formula is C8H10F2N2O. The number of alkyl halides is 2. The van der Waals surface area contributed by atoms with Crippen molar-refractivity contribution in [1.29, 1.82) is 0 Å². The number of halogens is 2. The Kier molecular flexibility index (Phi) is 3.11. The Labute approximate surface area is 74.4 Å². The van der Waals surface area contributed by atoms with Gasteiger partial charge in [0.2, 0.25) is 6.43 Å². The number of nitrogens with zero attached hydrogens (tertiary/aromatic N) is 2. The van der Waals surface area contributed by atoms with Crippen LogP contribution in [0.3, 0.4) is 0 Å². The lowest BCUT2D eigenvalue weighted by atomic mass is 10.2. The summed E-state index contributed by atoms with van der Waals surface area (Å²) < 4.78 is 25.1. The second-order valence-corrected chi connectivity index (χ2v) is 2.75. The largest absolute Gasteiger partial charge is 0.298 e. The Morgan fingerprint density at radius 3 is 2.92 bits per heavy atom. The van der Waals surface area contributed by atoms with Crippen LogP contribution in [0.2, 0.25) is 0 Å². The SMILES string of the molecule is Cn1cc(C=O)c(CCC(F)F)n1. The van der Waals surface area contributed by atoms with Crippen LogP contribution in [0.1, 0.15) is 22.5 Å². The van der Waals surface area contributed by atoms with Crippen molar-refractivity contribution < 1.29 is 13.6 Å². The van der Waals surface area contributed by atoms with Gasteiger partial charge in [0, 0.05) is 19.7 Å². The highest BCUT2D eigenvalue weighted by molar-refractivity contribution is 5.75. The number of carbonyl (C=O) groups is 1. The van der Waals surface area contributed by atoms with Gasteiger partial charge in [-0.25, -0.2) is 8.78 Å². The fraction of sp³-hybridized carbons (Fsp3) is 0.500. The number of hydrogen-bond donors (Lipinski definition) is 0. The van der Waals surface area contributed by atoms with E-state index in [0.29, 0.717) is 17.5 Å². The van der Waals surface area contributed by atoms with Crippen LogP contribution < -0.4 is 0 Å². The maximum atomic E-state index is 11.8. The van der Waals surface area contributed by atoms with E-state index in [9.17, 15) is 13.6 Å². The summed E-state index contributed by atoms with van der Waals surface area (Å²) in [5.41, 5.74) is 0.834. The predicted octanol–water partition coefficient (Wildman–Crippen LogP) is 1.43. The second kappa shape index (κ2) is 4.11. The third kappa shape index (κ3) is 2.61. The van der Waals surface area contributed by atoms with E-state index in [1.54, 1.807) is 7.05 Å². The quantitative estimate of drug-likeness (QED) is 0.670. The molecule has 0 aliphatic rings. The minimum Gasteiger partial charge on any atom is -0.298 e. The normalized spacial score (nSPS) is 10.8. The first-order chi connectivity index (χ1) is 6.13. The van der Waals surface area contributed by atoms with Gasteiger partial charge in [-0.05, 0) is 6.42 Å². The van der Waals surface area contributed by atoms with Crippen LogP contribution in [0.15, 0.2) is 6.20 Å². The lowest BCUT2D eigenvalue weighted by Crippen LogP contribution is -1.98. The predicted molar refractivity (Wildman–Crippen MR) is 42.9 cm³/mol. The summed E-state index contributed by atoms with van der Waals surface area (Å²) in [6.45, 7) is 0. The van der Waals surface area contributed by atoms with Crippen LogP contribution in [0.25, 0.3) is 0 Å². The van der Waals surface area contributed by atoms with Gasteiger partial charge >= 0.3 is 0 Å². The Bertz CT molecular complexity index is 296. The smallest absolute Gasteiger partial charge is 0.239 e. The lowest BCUT2D eigenvalue weighted by Gasteiger charge is -1.96. The van der Waals surface area contributed by atoms with E-state index in [2.05, 4.69) is 5.10 Å². The highest BCUT2D eigenvalue weighted by Crippen LogP contribution is 2.09. The molecule has 1 aromatic heterocycles. The van der Waals surface area contributed by atoms with E-state index >= 15 is 0 Å². The standard InChI is InChI=1S/C8H10F2N2O/c1-12-4-6(5-13)7(11-12)2-3-8(9)10/h4-5,8H,2-3H2,1H3. The summed E-state index contributed by atoms with van der Waals surface area (Å²) in [5.74, 6) is 0. The molecule has 0 amide bonds. The second-order valence-electron chi connectivity index (χ2n) is 2.75. The third-order valence-corrected chi connectivity index (χ3v) is 1.66. The van der Waals surface area contributed by atoms with Crippen molar-refractivity contribution in [1.82, 2.24) is 9.78 Å². The molecule has 0 radical (unpaired) electrons. The Hall–Kier alpha value is -1.26. The summed E-state index contributed by atoms with van der Waals surface area (Å²) >= 11 is 0. The Morgan fingerprint density at radius 2 is 2.38 bits per heavy atom. The van der Waals surface area contributed by atoms with Crippen molar-refractivity contribution in [3.8, 4) is 0 Å². The maximum absolute atomic E-state index is 11.8. The summed E-state index contributed by atoms with van der Waals surface area (Å²) in [7, 11) is 1.65. The van der Waals surface area contributed by atoms with E-state index in [0.717, 1.165) is 0 Å². The van der Waals surface area contributed by atoms with Crippen molar-refractivity contribution in [2.24, 2.45) is 7.05 Å². The van der Waals surface area contributed by atoms with Crippen LogP contribution in [0.5, 0.6) is 0 Å². The van der Waals surface area contributed by atoms with Gasteiger partial charge in [0.05, 0.1) is 11.3 Å². The first kappa shape index (κ1) is 9.83. The zero-order valence-corrected chi connectivity index (χ0v) is 7.20. The first-order valence-electron chi connectivity index (χ1n) is 3.89. The van der Waals surface area contributed by atoms with E-state index in [4.69, 9.17) is 0 Å². The van der Waals surface area contributed by atoms with Crippen molar-refractivity contribution >= 4 is 6.29 Å². The summed E-state index contributed by atoms with van der Waals surface area (Å²) in [4.78, 5) is 10.4. The monoisotopic (exact) mass is 188 g/mol. The topological polar surface area (TPSA) is 34.9 Å². The average molecular weight is 188 g/mol. The molecule has 1 aromatic rings. The molecule has 0 saturated heterocycles. The van der Waals surface area contributed by atoms with Crippen LogP contribution in [0, 0.1) is 0 Å². The third-order valence-electron chi connectivity index (χ3n) is 1.66. The van der Waals surface area contributed by atoms with Crippen molar-refractivity contribution in [2.45, 2.75) is 19.3 Å². The van der Waals surface area contributed by atoms with E-state index < -0.39 is 6.43 Å². The number of rotatable bonds is 4. The lowest BCUT2D eigenvalue weighted by molar-refractivity contribution is 0.112. The molecule has 1 rings (SSSR count). The zero-order chi connectivity index (χ0) is 9.84. The fourth-order valence-corrected chi connectivity index (χ4v) is 1.09. The molecule has 72 valence electrons. The maximum Gasteiger partial charge on any atom is 0.239 e. The summed E-state index contributed by atoms with van der Waals surface area (Å²) in [5, 5.41) is 3.91. The molecule has 0 atom stereocenters. The minimum atomic E-state index is -2.35. The molecule has 0 unspecified atom stereocenters. The number of aldehydes is 1. The average Bonchev–Trinajstić information content (AvgIpc) is 2.42. The van der Waals surface area contributed by atoms with Gasteiger partial charge in [-0.15, -0.1) is 0 Å². The molecule has 5 heteroatoms. The molecule has 0 bridgehead atoms. The van der Waals surface area contributed by atoms with Gasteiger partial charge < -0.3 is 0 Å². The van der Waals surface area contributed by atoms with Crippen LogP contribution >= 0.6 is 0 Å². The van der Waals surface area contributed by atoms with Crippen molar-refractivity contribution in [3.05, 3.63) is 17.5 Å². The number of aromatic nitrogens is 2. The van der Waals surface area contributed by atoms with Gasteiger partial charge in [0.15, 0.2) is 6.29 Å². The van der Waals surface area contributed by atoms with Crippen molar-refractivity contribution in [2.75, 3.05) is 0 Å². The molecule has 0 aliphatic heterocycles. The fourth-order valence-electron chi connectivity index (χ4n) is 1.09. The van der Waals surface area contributed by atoms with Crippen molar-refractivity contribution in [3.63, 3.8) is 0 Å². The molecule has 0 aliphatic carbocycles. The van der Waals surface area contributed by atoms with Gasteiger partial charge in [0.1, 0.15) is 0 Å². The van der Waals surface area contributed by atoms with Crippen LogP contribution in [-0.4, -0.2) is 22.5 Å². The molecule has 3 nitrogen and oxygen atoms in total. The molecule has 0 N–H and O–H groups in total. The molecule has 0 fully saturated rings. The Morgan fingerprint density at radius 1 is 1.69 bits per heavy atom. The van der Waals surface area contributed by atoms with Gasteiger partial charge in [0.25, 0.3) is 0 Å². The highest BCUT2D eigenvalue weighted by atomic mass is 19.3. The molecular weight excluding hydrogens is 178 g/mol. The molecule has 0 aromatic carbocycles. The van der Waals surface area contributed by atoms with Gasteiger partial charge in [-0.3, -0.25) is 9.48 Å². The van der Waals surface area contributed by atoms with Crippen LogP contribution in [0.4, 0.5) is 8.78 Å². The highest BCUT2D eigenvalue weighted by Gasteiger charge is 2.09. The number of carbonyl (C=O) groups excluding carboxylic acids is 1.